The van der Waals surface area contributed by atoms with Crippen molar-refractivity contribution in [2.75, 3.05) is 6.54 Å². The fourth-order valence-corrected chi connectivity index (χ4v) is 5.04. The van der Waals surface area contributed by atoms with Gasteiger partial charge in [0.15, 0.2) is 0 Å². The van der Waals surface area contributed by atoms with Crippen LogP contribution >= 0.6 is 0 Å². The fraction of sp³-hybridized carbons (Fsp3) is 0.938. The first-order valence-corrected chi connectivity index (χ1v) is 7.65. The molecule has 4 saturated carbocycles. The van der Waals surface area contributed by atoms with Gasteiger partial charge in [0.1, 0.15) is 0 Å². The molecule has 102 valence electrons. The van der Waals surface area contributed by atoms with Gasteiger partial charge in [-0.3, -0.25) is 4.79 Å². The van der Waals surface area contributed by atoms with Crippen molar-refractivity contribution in [2.24, 2.45) is 28.6 Å². The van der Waals surface area contributed by atoms with E-state index in [0.29, 0.717) is 5.41 Å². The number of amides is 1. The van der Waals surface area contributed by atoms with Gasteiger partial charge in [0.25, 0.3) is 0 Å². The molecule has 2 nitrogen and oxygen atoms in total. The van der Waals surface area contributed by atoms with Crippen LogP contribution in [0.2, 0.25) is 0 Å². The molecule has 0 aromatic rings. The Hall–Kier alpha value is -0.530. The third-order valence-electron chi connectivity index (χ3n) is 5.47. The molecule has 4 bridgehead atoms. The number of hydrogen-bond donors (Lipinski definition) is 1. The molecule has 0 aliphatic heterocycles. The second-order valence-electron chi connectivity index (χ2n) is 8.35. The zero-order chi connectivity index (χ0) is 13.0. The summed E-state index contributed by atoms with van der Waals surface area (Å²) in [5.41, 5.74) is 0.220. The van der Waals surface area contributed by atoms with Crippen LogP contribution in [0.25, 0.3) is 0 Å². The molecule has 0 aromatic heterocycles. The molecule has 0 heterocycles. The van der Waals surface area contributed by atoms with Gasteiger partial charge in [-0.2, -0.15) is 0 Å². The SMILES string of the molecule is CC(C)(C)C(=O)NCC12CC3CC(CC(C3)C1)C2. The van der Waals surface area contributed by atoms with Crippen molar-refractivity contribution in [1.29, 1.82) is 0 Å². The molecule has 1 N–H and O–H groups in total. The fourth-order valence-electron chi connectivity index (χ4n) is 5.04. The third kappa shape index (κ3) is 2.19. The average Bonchev–Trinajstić information content (AvgIpc) is 2.22. The first-order chi connectivity index (χ1) is 8.36. The van der Waals surface area contributed by atoms with E-state index >= 15 is 0 Å². The van der Waals surface area contributed by atoms with Crippen LogP contribution in [0.5, 0.6) is 0 Å². The van der Waals surface area contributed by atoms with Gasteiger partial charge in [-0.25, -0.2) is 0 Å². The summed E-state index contributed by atoms with van der Waals surface area (Å²) >= 11 is 0. The average molecular weight is 249 g/mol. The van der Waals surface area contributed by atoms with Gasteiger partial charge in [-0.1, -0.05) is 20.8 Å². The predicted octanol–water partition coefficient (Wildman–Crippen LogP) is 3.37. The first kappa shape index (κ1) is 12.5. The molecule has 1 amide bonds. The van der Waals surface area contributed by atoms with Crippen LogP contribution in [0.3, 0.4) is 0 Å². The Bertz CT molecular complexity index is 317. The summed E-state index contributed by atoms with van der Waals surface area (Å²) in [6, 6.07) is 0. The summed E-state index contributed by atoms with van der Waals surface area (Å²) in [5, 5.41) is 3.24. The second kappa shape index (κ2) is 3.98. The van der Waals surface area contributed by atoms with Gasteiger partial charge in [0, 0.05) is 12.0 Å². The molecule has 4 fully saturated rings. The molecular formula is C16H27NO. The van der Waals surface area contributed by atoms with Crippen LogP contribution in [-0.4, -0.2) is 12.5 Å². The minimum Gasteiger partial charge on any atom is -0.355 e. The summed E-state index contributed by atoms with van der Waals surface area (Å²) < 4.78 is 0. The standard InChI is InChI=1S/C16H27NO/c1-15(2,3)14(18)17-10-16-7-11-4-12(8-16)6-13(5-11)9-16/h11-13H,4-10H2,1-3H3,(H,17,18). The molecule has 4 rings (SSSR count). The minimum absolute atomic E-state index is 0.221. The minimum atomic E-state index is -0.248. The summed E-state index contributed by atoms with van der Waals surface area (Å²) in [6.45, 7) is 6.94. The molecule has 4 aliphatic rings. The van der Waals surface area contributed by atoms with Crippen LogP contribution in [0, 0.1) is 28.6 Å². The van der Waals surface area contributed by atoms with Gasteiger partial charge in [-0.05, 0) is 61.7 Å². The lowest BCUT2D eigenvalue weighted by atomic mass is 9.49. The van der Waals surface area contributed by atoms with Crippen molar-refractivity contribution in [1.82, 2.24) is 5.32 Å². The molecule has 0 atom stereocenters. The first-order valence-electron chi connectivity index (χ1n) is 7.65. The number of carbonyl (C=O) groups excluding carboxylic acids is 1. The van der Waals surface area contributed by atoms with Crippen molar-refractivity contribution < 1.29 is 4.79 Å². The largest absolute Gasteiger partial charge is 0.355 e. The maximum atomic E-state index is 12.0. The van der Waals surface area contributed by atoms with E-state index in [1.807, 2.05) is 20.8 Å². The maximum Gasteiger partial charge on any atom is 0.225 e. The molecule has 0 saturated heterocycles. The zero-order valence-electron chi connectivity index (χ0n) is 12.1. The van der Waals surface area contributed by atoms with E-state index < -0.39 is 0 Å². The van der Waals surface area contributed by atoms with Crippen molar-refractivity contribution in [3.63, 3.8) is 0 Å². The summed E-state index contributed by atoms with van der Waals surface area (Å²) in [6.07, 6.45) is 8.57. The van der Waals surface area contributed by atoms with Gasteiger partial charge < -0.3 is 5.32 Å². The van der Waals surface area contributed by atoms with Gasteiger partial charge in [0.05, 0.1) is 0 Å². The second-order valence-corrected chi connectivity index (χ2v) is 8.35. The highest BCUT2D eigenvalue weighted by atomic mass is 16.2. The molecule has 0 unspecified atom stereocenters. The van der Waals surface area contributed by atoms with Gasteiger partial charge in [0.2, 0.25) is 5.91 Å². The Morgan fingerprint density at radius 1 is 1.06 bits per heavy atom. The lowest BCUT2D eigenvalue weighted by molar-refractivity contribution is -0.130. The Morgan fingerprint density at radius 2 is 1.50 bits per heavy atom. The topological polar surface area (TPSA) is 29.1 Å². The highest BCUT2D eigenvalue weighted by Crippen LogP contribution is 2.59. The lowest BCUT2D eigenvalue weighted by Crippen LogP contribution is -2.52. The van der Waals surface area contributed by atoms with Crippen LogP contribution < -0.4 is 5.32 Å². The molecule has 18 heavy (non-hydrogen) atoms. The van der Waals surface area contributed by atoms with Crippen molar-refractivity contribution in [3.8, 4) is 0 Å². The molecular weight excluding hydrogens is 222 g/mol. The molecule has 2 heteroatoms. The summed E-state index contributed by atoms with van der Waals surface area (Å²) in [7, 11) is 0. The highest BCUT2D eigenvalue weighted by molar-refractivity contribution is 5.81. The van der Waals surface area contributed by atoms with E-state index in [-0.39, 0.29) is 11.3 Å². The molecule has 0 radical (unpaired) electrons. The van der Waals surface area contributed by atoms with E-state index in [1.54, 1.807) is 0 Å². The predicted molar refractivity (Wildman–Crippen MR) is 73.1 cm³/mol. The Morgan fingerprint density at radius 3 is 1.89 bits per heavy atom. The van der Waals surface area contributed by atoms with E-state index in [0.717, 1.165) is 24.3 Å². The summed E-state index contributed by atoms with van der Waals surface area (Å²) in [4.78, 5) is 12.0. The third-order valence-corrected chi connectivity index (χ3v) is 5.47. The number of rotatable bonds is 2. The van der Waals surface area contributed by atoms with Crippen molar-refractivity contribution >= 4 is 5.91 Å². The van der Waals surface area contributed by atoms with Gasteiger partial charge >= 0.3 is 0 Å². The van der Waals surface area contributed by atoms with Crippen LogP contribution in [-0.2, 0) is 4.79 Å². The number of carbonyl (C=O) groups is 1. The monoisotopic (exact) mass is 249 g/mol. The van der Waals surface area contributed by atoms with E-state index in [2.05, 4.69) is 5.32 Å². The zero-order valence-corrected chi connectivity index (χ0v) is 12.1. The summed E-state index contributed by atoms with van der Waals surface area (Å²) in [5.74, 6) is 3.15. The van der Waals surface area contributed by atoms with E-state index in [9.17, 15) is 4.79 Å². The maximum absolute atomic E-state index is 12.0. The number of nitrogens with one attached hydrogen (secondary N) is 1. The van der Waals surface area contributed by atoms with Crippen molar-refractivity contribution in [2.45, 2.75) is 59.3 Å². The number of hydrogen-bond acceptors (Lipinski definition) is 1. The Balaban J connectivity index is 1.64. The van der Waals surface area contributed by atoms with E-state index in [1.165, 1.54) is 38.5 Å². The van der Waals surface area contributed by atoms with Crippen LogP contribution in [0.1, 0.15) is 59.3 Å². The van der Waals surface area contributed by atoms with Crippen molar-refractivity contribution in [3.05, 3.63) is 0 Å². The quantitative estimate of drug-likeness (QED) is 0.799. The Kier molecular flexibility index (Phi) is 2.76. The lowest BCUT2D eigenvalue weighted by Gasteiger charge is -2.57. The smallest absolute Gasteiger partial charge is 0.225 e. The molecule has 0 spiro atoms. The highest BCUT2D eigenvalue weighted by Gasteiger charge is 2.50. The normalized spacial score (nSPS) is 42.1. The van der Waals surface area contributed by atoms with Gasteiger partial charge in [-0.15, -0.1) is 0 Å². The van der Waals surface area contributed by atoms with Crippen LogP contribution in [0.15, 0.2) is 0 Å². The molecule has 4 aliphatic carbocycles. The molecule has 0 aromatic carbocycles. The van der Waals surface area contributed by atoms with E-state index in [4.69, 9.17) is 0 Å². The van der Waals surface area contributed by atoms with Crippen LogP contribution in [0.4, 0.5) is 0 Å². The Labute approximate surface area is 111 Å².